The quantitative estimate of drug-likeness (QED) is 0.180. The van der Waals surface area contributed by atoms with Crippen LogP contribution in [-0.4, -0.2) is 34.1 Å². The van der Waals surface area contributed by atoms with Crippen LogP contribution in [0.3, 0.4) is 0 Å². The standard InChI is InChI=1S/C35H30O8/c1-34(2,3)18-10-6-9-17-23(18)29-16-8-5-4-7-15(16)28(17)42-32(40)26-21-13-11-19(24(26)30(36)37)35(21)20-12-14-22(35)27(33(41)43-29)25(20)31(38)39/h4-14,19-22,24-27H,1-3H3,(H,36,37)(H,38,39). The van der Waals surface area contributed by atoms with Gasteiger partial charge in [-0.25, -0.2) is 0 Å². The first-order valence-electron chi connectivity index (χ1n) is 14.7. The molecule has 9 unspecified atom stereocenters. The zero-order valence-electron chi connectivity index (χ0n) is 23.8. The summed E-state index contributed by atoms with van der Waals surface area (Å²) in [4.78, 5) is 54.6. The van der Waals surface area contributed by atoms with Crippen LogP contribution < -0.4 is 9.47 Å². The fraction of sp³-hybridized carbons (Fsp3) is 0.371. The molecule has 9 bridgehead atoms. The van der Waals surface area contributed by atoms with E-state index in [1.54, 1.807) is 24.3 Å². The van der Waals surface area contributed by atoms with Crippen molar-refractivity contribution >= 4 is 45.4 Å². The third-order valence-electron chi connectivity index (χ3n) is 11.0. The minimum Gasteiger partial charge on any atom is -0.481 e. The molecule has 43 heavy (non-hydrogen) atoms. The van der Waals surface area contributed by atoms with Crippen molar-refractivity contribution in [3.05, 3.63) is 72.3 Å². The second kappa shape index (κ2) is 8.34. The predicted octanol–water partition coefficient (Wildman–Crippen LogP) is 5.37. The Hall–Kier alpha value is -4.46. The molecule has 2 N–H and O–H groups in total. The molecule has 0 radical (unpaired) electrons. The van der Waals surface area contributed by atoms with Crippen LogP contribution in [0.2, 0.25) is 0 Å². The lowest BCUT2D eigenvalue weighted by Crippen LogP contribution is -2.38. The fourth-order valence-electron chi connectivity index (χ4n) is 9.62. The van der Waals surface area contributed by atoms with Gasteiger partial charge < -0.3 is 19.7 Å². The molecule has 4 aliphatic carbocycles. The summed E-state index contributed by atoms with van der Waals surface area (Å²) >= 11 is 0. The molecule has 0 amide bonds. The molecule has 9 rings (SSSR count). The van der Waals surface area contributed by atoms with Crippen molar-refractivity contribution in [2.24, 2.45) is 52.8 Å². The summed E-state index contributed by atoms with van der Waals surface area (Å²) in [5.74, 6) is -9.86. The van der Waals surface area contributed by atoms with E-state index < -0.39 is 82.1 Å². The van der Waals surface area contributed by atoms with Crippen LogP contribution in [0.4, 0.5) is 0 Å². The Morgan fingerprint density at radius 2 is 1.14 bits per heavy atom. The van der Waals surface area contributed by atoms with Gasteiger partial charge >= 0.3 is 23.9 Å². The second-order valence-corrected chi connectivity index (χ2v) is 13.7. The minimum atomic E-state index is -1.14. The van der Waals surface area contributed by atoms with E-state index in [1.807, 2.05) is 63.3 Å². The summed E-state index contributed by atoms with van der Waals surface area (Å²) in [5.41, 5.74) is -0.492. The molecule has 0 aromatic heterocycles. The van der Waals surface area contributed by atoms with Gasteiger partial charge in [-0.05, 0) is 40.1 Å². The number of fused-ring (bicyclic) bond motifs is 2. The highest BCUT2D eigenvalue weighted by molar-refractivity contribution is 6.14. The molecule has 2 aliphatic heterocycles. The van der Waals surface area contributed by atoms with Gasteiger partial charge in [-0.2, -0.15) is 0 Å². The maximum atomic E-state index is 14.4. The maximum Gasteiger partial charge on any atom is 0.315 e. The number of allylic oxidation sites excluding steroid dienone is 4. The molecule has 2 heterocycles. The summed E-state index contributed by atoms with van der Waals surface area (Å²) in [6.45, 7) is 6.10. The first-order chi connectivity index (χ1) is 20.5. The van der Waals surface area contributed by atoms with E-state index in [9.17, 15) is 29.4 Å². The molecule has 218 valence electrons. The van der Waals surface area contributed by atoms with Gasteiger partial charge in [0.2, 0.25) is 0 Å². The number of carbonyl (C=O) groups is 4. The number of carbonyl (C=O) groups excluding carboxylic acids is 2. The zero-order chi connectivity index (χ0) is 30.2. The van der Waals surface area contributed by atoms with Crippen molar-refractivity contribution in [1.82, 2.24) is 0 Å². The van der Waals surface area contributed by atoms with E-state index in [0.29, 0.717) is 33.0 Å². The normalized spacial score (nSPS) is 35.1. The van der Waals surface area contributed by atoms with Gasteiger partial charge in [0, 0.05) is 21.5 Å². The van der Waals surface area contributed by atoms with Gasteiger partial charge in [0.05, 0.1) is 23.7 Å². The Morgan fingerprint density at radius 1 is 0.674 bits per heavy atom. The third kappa shape index (κ3) is 3.06. The van der Waals surface area contributed by atoms with Crippen molar-refractivity contribution in [3.63, 3.8) is 0 Å². The lowest BCUT2D eigenvalue weighted by molar-refractivity contribution is -0.152. The Kier molecular flexibility index (Phi) is 5.08. The Bertz CT molecular complexity index is 1880. The average Bonchev–Trinajstić information content (AvgIpc) is 3.69. The fourth-order valence-corrected chi connectivity index (χ4v) is 9.62. The van der Waals surface area contributed by atoms with E-state index in [4.69, 9.17) is 9.47 Å². The van der Waals surface area contributed by atoms with Crippen LogP contribution in [0.25, 0.3) is 21.5 Å². The zero-order valence-corrected chi connectivity index (χ0v) is 23.8. The van der Waals surface area contributed by atoms with Crippen LogP contribution in [-0.2, 0) is 24.6 Å². The predicted molar refractivity (Wildman–Crippen MR) is 155 cm³/mol. The largest absolute Gasteiger partial charge is 0.481 e. The first kappa shape index (κ1) is 26.2. The average molecular weight is 579 g/mol. The summed E-state index contributed by atoms with van der Waals surface area (Å²) in [6, 6.07) is 12.8. The van der Waals surface area contributed by atoms with Gasteiger partial charge in [0.15, 0.2) is 0 Å². The topological polar surface area (TPSA) is 127 Å². The van der Waals surface area contributed by atoms with E-state index in [1.165, 1.54) is 0 Å². The SMILES string of the molecule is CC(C)(C)c1cccc2c3c4ccccc4c(c12)OC(=O)C1C(C(=O)O)C2C=CC1C21C2C=CC1C(C(=O)O3)C2C(=O)O. The van der Waals surface area contributed by atoms with Crippen LogP contribution in [0.1, 0.15) is 26.3 Å². The van der Waals surface area contributed by atoms with Gasteiger partial charge in [0.25, 0.3) is 0 Å². The third-order valence-corrected chi connectivity index (χ3v) is 11.0. The number of benzene rings is 3. The number of aliphatic carboxylic acids is 2. The van der Waals surface area contributed by atoms with Crippen molar-refractivity contribution in [2.75, 3.05) is 0 Å². The molecule has 9 atom stereocenters. The van der Waals surface area contributed by atoms with Gasteiger partial charge in [-0.3, -0.25) is 19.2 Å². The summed E-state index contributed by atoms with van der Waals surface area (Å²) in [6.07, 6.45) is 7.34. The molecule has 2 fully saturated rings. The van der Waals surface area contributed by atoms with Gasteiger partial charge in [-0.15, -0.1) is 0 Å². The van der Waals surface area contributed by atoms with Crippen LogP contribution in [0.15, 0.2) is 66.8 Å². The molecule has 8 nitrogen and oxygen atoms in total. The molecule has 3 aromatic carbocycles. The van der Waals surface area contributed by atoms with Crippen molar-refractivity contribution in [2.45, 2.75) is 26.2 Å². The number of hydrogen-bond acceptors (Lipinski definition) is 6. The van der Waals surface area contributed by atoms with Crippen molar-refractivity contribution in [1.29, 1.82) is 0 Å². The van der Waals surface area contributed by atoms with Gasteiger partial charge in [-0.1, -0.05) is 87.5 Å². The first-order valence-corrected chi connectivity index (χ1v) is 14.7. The number of carboxylic acid groups (broad SMARTS) is 2. The van der Waals surface area contributed by atoms with Crippen molar-refractivity contribution < 1.29 is 38.9 Å². The summed E-state index contributed by atoms with van der Waals surface area (Å²) < 4.78 is 12.7. The lowest BCUT2D eigenvalue weighted by Gasteiger charge is -2.37. The van der Waals surface area contributed by atoms with E-state index >= 15 is 0 Å². The van der Waals surface area contributed by atoms with Crippen LogP contribution >= 0.6 is 0 Å². The molecule has 1 spiro atoms. The summed E-state index contributed by atoms with van der Waals surface area (Å²) in [5, 5.41) is 23.3. The highest BCUT2D eigenvalue weighted by Gasteiger charge is 2.78. The number of ether oxygens (including phenoxy) is 2. The van der Waals surface area contributed by atoms with Crippen LogP contribution in [0, 0.1) is 52.8 Å². The van der Waals surface area contributed by atoms with Crippen molar-refractivity contribution in [3.8, 4) is 11.5 Å². The van der Waals surface area contributed by atoms with Gasteiger partial charge in [0.1, 0.15) is 11.5 Å². The molecule has 8 heteroatoms. The molecule has 2 saturated carbocycles. The molecule has 3 aromatic rings. The lowest BCUT2D eigenvalue weighted by atomic mass is 9.65. The molecular formula is C35H30O8. The molecule has 0 saturated heterocycles. The highest BCUT2D eigenvalue weighted by atomic mass is 16.5. The molecular weight excluding hydrogens is 548 g/mol. The smallest absolute Gasteiger partial charge is 0.315 e. The molecule has 6 aliphatic rings. The summed E-state index contributed by atoms with van der Waals surface area (Å²) in [7, 11) is 0. The highest BCUT2D eigenvalue weighted by Crippen LogP contribution is 2.76. The maximum absolute atomic E-state index is 14.4. The Labute approximate surface area is 247 Å². The Balaban J connectivity index is 1.48. The van der Waals surface area contributed by atoms with E-state index in [2.05, 4.69) is 0 Å². The second-order valence-electron chi connectivity index (χ2n) is 13.7. The number of esters is 2. The number of hydrogen-bond donors (Lipinski definition) is 2. The Morgan fingerprint density at radius 3 is 1.65 bits per heavy atom. The van der Waals surface area contributed by atoms with E-state index in [0.717, 1.165) is 5.56 Å². The van der Waals surface area contributed by atoms with Crippen LogP contribution in [0.5, 0.6) is 11.5 Å². The monoisotopic (exact) mass is 578 g/mol. The number of carboxylic acids is 2. The van der Waals surface area contributed by atoms with E-state index in [-0.39, 0.29) is 0 Å². The minimum absolute atomic E-state index is 0.292. The number of rotatable bonds is 2.